The van der Waals surface area contributed by atoms with E-state index in [4.69, 9.17) is 23.8 Å². The summed E-state index contributed by atoms with van der Waals surface area (Å²) in [5.41, 5.74) is 0. The van der Waals surface area contributed by atoms with Gasteiger partial charge in [0.25, 0.3) is 0 Å². The van der Waals surface area contributed by atoms with Crippen molar-refractivity contribution < 1.29 is 4.55 Å². The van der Waals surface area contributed by atoms with Gasteiger partial charge in [0.2, 0.25) is 0 Å². The third-order valence-corrected chi connectivity index (χ3v) is 4.10. The largest absolute Gasteiger partial charge is 0.616 e. The molecule has 0 saturated carbocycles. The lowest BCUT2D eigenvalue weighted by atomic mass is 10.7. The summed E-state index contributed by atoms with van der Waals surface area (Å²) >= 11 is 9.77. The van der Waals surface area contributed by atoms with Crippen molar-refractivity contribution in [1.82, 2.24) is 20.2 Å². The molecule has 0 aliphatic carbocycles. The van der Waals surface area contributed by atoms with Crippen molar-refractivity contribution in [2.45, 2.75) is 5.75 Å². The Balaban J connectivity index is 2.32. The Morgan fingerprint density at radius 1 is 1.71 bits per heavy atom. The Labute approximate surface area is 114 Å². The van der Waals surface area contributed by atoms with E-state index in [1.807, 2.05) is 0 Å². The van der Waals surface area contributed by atoms with Gasteiger partial charge in [-0.25, -0.2) is 4.98 Å². The summed E-state index contributed by atoms with van der Waals surface area (Å²) in [5.74, 6) is 1.65. The van der Waals surface area contributed by atoms with Crippen molar-refractivity contribution >= 4 is 40.1 Å². The van der Waals surface area contributed by atoms with Crippen LogP contribution in [0, 0.1) is 0 Å². The van der Waals surface area contributed by atoms with E-state index in [1.54, 1.807) is 24.9 Å². The molecule has 0 aliphatic heterocycles. The van der Waals surface area contributed by atoms with Crippen molar-refractivity contribution in [3.8, 4) is 0 Å². The number of aromatic nitrogens is 2. The van der Waals surface area contributed by atoms with Crippen LogP contribution in [0.15, 0.2) is 6.20 Å². The maximum absolute atomic E-state index is 11.8. The van der Waals surface area contributed by atoms with Crippen LogP contribution in [0.5, 0.6) is 0 Å². The van der Waals surface area contributed by atoms with Crippen LogP contribution in [0.25, 0.3) is 0 Å². The lowest BCUT2D eigenvalue weighted by molar-refractivity contribution is 0.590. The van der Waals surface area contributed by atoms with E-state index in [9.17, 15) is 4.55 Å². The van der Waals surface area contributed by atoms with E-state index in [0.717, 1.165) is 5.82 Å². The smallest absolute Gasteiger partial charge is 0.166 e. The fraction of sp³-hybridized carbons (Fsp3) is 0.556. The fourth-order valence-corrected chi connectivity index (χ4v) is 2.42. The maximum Gasteiger partial charge on any atom is 0.166 e. The van der Waals surface area contributed by atoms with E-state index in [1.165, 1.54) is 0 Å². The lowest BCUT2D eigenvalue weighted by Gasteiger charge is -2.12. The van der Waals surface area contributed by atoms with Gasteiger partial charge in [-0.15, -0.1) is 0 Å². The summed E-state index contributed by atoms with van der Waals surface area (Å²) in [7, 11) is 3.54. The van der Waals surface area contributed by atoms with Gasteiger partial charge in [0.15, 0.2) is 16.7 Å². The maximum atomic E-state index is 11.8. The Kier molecular flexibility index (Phi) is 6.04. The minimum absolute atomic E-state index is 0.400. The second-order valence-corrected chi connectivity index (χ2v) is 5.72. The second kappa shape index (κ2) is 7.05. The third kappa shape index (κ3) is 4.71. The SMILES string of the molecule is CNC(=S)NCC[S+]([O-])Cc1ncc(Cl)n1C. The number of imidazole rings is 1. The molecule has 0 aromatic carbocycles. The Morgan fingerprint density at radius 2 is 2.41 bits per heavy atom. The molecule has 96 valence electrons. The van der Waals surface area contributed by atoms with Crippen molar-refractivity contribution in [2.24, 2.45) is 7.05 Å². The van der Waals surface area contributed by atoms with Crippen LogP contribution in [0.1, 0.15) is 5.82 Å². The highest BCUT2D eigenvalue weighted by molar-refractivity contribution is 7.90. The standard InChI is InChI=1S/C9H15ClN4OS2/c1-11-9(16)12-3-4-17(15)6-8-13-5-7(10)14(8)2/h5H,3-4,6H2,1-2H3,(H2,11,12,16). The first-order valence-electron chi connectivity index (χ1n) is 5.01. The average Bonchev–Trinajstić information content (AvgIpc) is 2.60. The lowest BCUT2D eigenvalue weighted by Crippen LogP contribution is -2.35. The predicted molar refractivity (Wildman–Crippen MR) is 74.6 cm³/mol. The summed E-state index contributed by atoms with van der Waals surface area (Å²) in [6.45, 7) is 0.574. The average molecular weight is 295 g/mol. The third-order valence-electron chi connectivity index (χ3n) is 2.16. The van der Waals surface area contributed by atoms with Crippen LogP contribution in [0.3, 0.4) is 0 Å². The quantitative estimate of drug-likeness (QED) is 0.608. The topological polar surface area (TPSA) is 64.9 Å². The number of hydrogen-bond acceptors (Lipinski definition) is 3. The van der Waals surface area contributed by atoms with E-state index < -0.39 is 11.2 Å². The van der Waals surface area contributed by atoms with Crippen LogP contribution in [0.4, 0.5) is 0 Å². The van der Waals surface area contributed by atoms with Crippen molar-refractivity contribution in [3.05, 3.63) is 17.2 Å². The molecule has 1 aromatic heterocycles. The first-order chi connectivity index (χ1) is 8.04. The minimum atomic E-state index is -0.978. The highest BCUT2D eigenvalue weighted by Gasteiger charge is 2.13. The molecule has 1 atom stereocenters. The number of hydrogen-bond donors (Lipinski definition) is 2. The molecule has 0 aliphatic rings. The summed E-state index contributed by atoms with van der Waals surface area (Å²) in [6, 6.07) is 0. The van der Waals surface area contributed by atoms with Crippen LogP contribution in [-0.2, 0) is 24.0 Å². The number of halogens is 1. The molecule has 2 N–H and O–H groups in total. The molecule has 0 amide bonds. The van der Waals surface area contributed by atoms with Gasteiger partial charge in [-0.1, -0.05) is 11.6 Å². The molecule has 0 bridgehead atoms. The summed E-state index contributed by atoms with van der Waals surface area (Å²) in [5, 5.41) is 6.84. The van der Waals surface area contributed by atoms with Crippen LogP contribution in [0.2, 0.25) is 5.15 Å². The molecule has 0 radical (unpaired) electrons. The number of thiocarbonyl (C=S) groups is 1. The molecule has 8 heteroatoms. The Hall–Kier alpha value is -0.500. The van der Waals surface area contributed by atoms with Crippen molar-refractivity contribution in [3.63, 3.8) is 0 Å². The highest BCUT2D eigenvalue weighted by Crippen LogP contribution is 2.11. The van der Waals surface area contributed by atoms with Gasteiger partial charge in [-0.3, -0.25) is 0 Å². The number of nitrogens with one attached hydrogen (secondary N) is 2. The Bertz CT molecular complexity index is 385. The molecule has 5 nitrogen and oxygen atoms in total. The van der Waals surface area contributed by atoms with E-state index in [-0.39, 0.29) is 0 Å². The number of rotatable bonds is 5. The molecular formula is C9H15ClN4OS2. The van der Waals surface area contributed by atoms with E-state index >= 15 is 0 Å². The van der Waals surface area contributed by atoms with E-state index in [2.05, 4.69) is 15.6 Å². The second-order valence-electron chi connectivity index (χ2n) is 3.35. The fourth-order valence-electron chi connectivity index (χ4n) is 1.14. The molecule has 1 heterocycles. The van der Waals surface area contributed by atoms with Gasteiger partial charge in [0.05, 0.1) is 12.7 Å². The molecule has 17 heavy (non-hydrogen) atoms. The van der Waals surface area contributed by atoms with Gasteiger partial charge in [0, 0.05) is 14.1 Å². The summed E-state index contributed by atoms with van der Waals surface area (Å²) in [6.07, 6.45) is 1.56. The normalized spacial score (nSPS) is 12.2. The van der Waals surface area contributed by atoms with E-state index in [0.29, 0.717) is 28.3 Å². The van der Waals surface area contributed by atoms with Crippen LogP contribution >= 0.6 is 23.8 Å². The van der Waals surface area contributed by atoms with Gasteiger partial charge >= 0.3 is 0 Å². The first-order valence-corrected chi connectivity index (χ1v) is 7.28. The summed E-state index contributed by atoms with van der Waals surface area (Å²) in [4.78, 5) is 4.09. The van der Waals surface area contributed by atoms with Gasteiger partial charge in [-0.05, 0) is 23.4 Å². The zero-order valence-electron chi connectivity index (χ0n) is 9.70. The molecule has 1 unspecified atom stereocenters. The molecule has 0 fully saturated rings. The minimum Gasteiger partial charge on any atom is -0.616 e. The highest BCUT2D eigenvalue weighted by atomic mass is 35.5. The van der Waals surface area contributed by atoms with Crippen LogP contribution in [-0.4, -0.2) is 38.6 Å². The molecule has 1 rings (SSSR count). The number of nitrogens with zero attached hydrogens (tertiary/aromatic N) is 2. The zero-order valence-corrected chi connectivity index (χ0v) is 12.1. The molecule has 0 spiro atoms. The molecular weight excluding hydrogens is 280 g/mol. The van der Waals surface area contributed by atoms with Gasteiger partial charge in [-0.2, -0.15) is 0 Å². The van der Waals surface area contributed by atoms with Crippen LogP contribution < -0.4 is 10.6 Å². The monoisotopic (exact) mass is 294 g/mol. The Morgan fingerprint density at radius 3 is 2.94 bits per heavy atom. The van der Waals surface area contributed by atoms with Gasteiger partial charge in [0.1, 0.15) is 10.9 Å². The molecule has 1 aromatic rings. The van der Waals surface area contributed by atoms with Crippen molar-refractivity contribution in [1.29, 1.82) is 0 Å². The first kappa shape index (κ1) is 14.6. The van der Waals surface area contributed by atoms with Crippen molar-refractivity contribution in [2.75, 3.05) is 19.3 Å². The molecule has 0 saturated heterocycles. The summed E-state index contributed by atoms with van der Waals surface area (Å²) < 4.78 is 13.5. The van der Waals surface area contributed by atoms with Gasteiger partial charge < -0.3 is 19.8 Å². The predicted octanol–water partition coefficient (Wildman–Crippen LogP) is 0.416. The zero-order chi connectivity index (χ0) is 12.8.